The number of aromatic amines is 1. The minimum Gasteiger partial charge on any atom is -0.343 e. The zero-order chi connectivity index (χ0) is 15.8. The molecule has 0 aliphatic carbocycles. The van der Waals surface area contributed by atoms with Crippen LogP contribution in [0.1, 0.15) is 17.9 Å². The molecule has 2 aromatic heterocycles. The number of rotatable bonds is 4. The molecule has 116 valence electrons. The Kier molecular flexibility index (Phi) is 4.08. The van der Waals surface area contributed by atoms with Crippen LogP contribution in [0.4, 0.5) is 13.2 Å². The third-order valence-electron chi connectivity index (χ3n) is 3.12. The van der Waals surface area contributed by atoms with E-state index in [9.17, 15) is 18.0 Å². The smallest absolute Gasteiger partial charge is 0.343 e. The lowest BCUT2D eigenvalue weighted by Gasteiger charge is -2.15. The molecular formula is C13H17F3N4O. The number of H-pyrrole nitrogens is 1. The van der Waals surface area contributed by atoms with Crippen LogP contribution in [0.5, 0.6) is 0 Å². The average molecular weight is 302 g/mol. The molecule has 0 saturated carbocycles. The second-order valence-corrected chi connectivity index (χ2v) is 5.26. The summed E-state index contributed by atoms with van der Waals surface area (Å²) in [7, 11) is 3.65. The number of hydrogen-bond donors (Lipinski definition) is 1. The number of alkyl halides is 3. The number of nitrogens with zero attached hydrogens (tertiary/aromatic N) is 3. The minimum atomic E-state index is -4.66. The molecule has 5 nitrogen and oxygen atoms in total. The molecule has 0 fully saturated rings. The SMILES string of the molecule is Cc1cc2c(=O)n(CCCN(C)C)c(C(F)(F)F)nc2[nH]1. The van der Waals surface area contributed by atoms with E-state index in [4.69, 9.17) is 0 Å². The Morgan fingerprint density at radius 1 is 1.38 bits per heavy atom. The Labute approximate surface area is 119 Å². The maximum atomic E-state index is 13.1. The van der Waals surface area contributed by atoms with Crippen molar-refractivity contribution in [2.45, 2.75) is 26.1 Å². The van der Waals surface area contributed by atoms with Crippen molar-refractivity contribution in [3.8, 4) is 0 Å². The summed E-state index contributed by atoms with van der Waals surface area (Å²) in [6, 6.07) is 1.52. The number of hydrogen-bond acceptors (Lipinski definition) is 3. The molecule has 2 rings (SSSR count). The maximum absolute atomic E-state index is 13.1. The van der Waals surface area contributed by atoms with Gasteiger partial charge in [0.1, 0.15) is 5.65 Å². The van der Waals surface area contributed by atoms with Crippen LogP contribution in [0.2, 0.25) is 0 Å². The summed E-state index contributed by atoms with van der Waals surface area (Å²) in [4.78, 5) is 20.4. The maximum Gasteiger partial charge on any atom is 0.449 e. The molecule has 1 N–H and O–H groups in total. The Morgan fingerprint density at radius 3 is 2.62 bits per heavy atom. The van der Waals surface area contributed by atoms with Gasteiger partial charge in [-0.1, -0.05) is 0 Å². The van der Waals surface area contributed by atoms with Gasteiger partial charge in [0.15, 0.2) is 0 Å². The third kappa shape index (κ3) is 3.26. The molecule has 0 aliphatic heterocycles. The first-order valence-corrected chi connectivity index (χ1v) is 6.52. The Morgan fingerprint density at radius 2 is 2.05 bits per heavy atom. The van der Waals surface area contributed by atoms with Crippen molar-refractivity contribution in [3.63, 3.8) is 0 Å². The van der Waals surface area contributed by atoms with E-state index in [-0.39, 0.29) is 17.6 Å². The molecule has 0 radical (unpaired) electrons. The molecule has 0 aliphatic rings. The molecule has 8 heteroatoms. The van der Waals surface area contributed by atoms with Gasteiger partial charge in [-0.25, -0.2) is 4.98 Å². The van der Waals surface area contributed by atoms with Gasteiger partial charge in [0.05, 0.1) is 5.39 Å². The van der Waals surface area contributed by atoms with Crippen molar-refractivity contribution in [1.29, 1.82) is 0 Å². The fraction of sp³-hybridized carbons (Fsp3) is 0.538. The van der Waals surface area contributed by atoms with E-state index in [1.807, 2.05) is 19.0 Å². The van der Waals surface area contributed by atoms with E-state index in [2.05, 4.69) is 9.97 Å². The summed E-state index contributed by atoms with van der Waals surface area (Å²) in [6.07, 6.45) is -4.23. The van der Waals surface area contributed by atoms with Crippen molar-refractivity contribution < 1.29 is 13.2 Å². The van der Waals surface area contributed by atoms with Crippen LogP contribution in [0.3, 0.4) is 0 Å². The summed E-state index contributed by atoms with van der Waals surface area (Å²) in [5.41, 5.74) is -0.0714. The Balaban J connectivity index is 2.53. The molecule has 0 unspecified atom stereocenters. The first-order valence-electron chi connectivity index (χ1n) is 6.52. The van der Waals surface area contributed by atoms with Crippen molar-refractivity contribution >= 4 is 11.0 Å². The van der Waals surface area contributed by atoms with Crippen LogP contribution in [-0.2, 0) is 12.7 Å². The summed E-state index contributed by atoms with van der Waals surface area (Å²) in [6.45, 7) is 2.25. The zero-order valence-electron chi connectivity index (χ0n) is 12.1. The number of fused-ring (bicyclic) bond motifs is 1. The Hall–Kier alpha value is -1.83. The Bertz CT molecular complexity index is 700. The van der Waals surface area contributed by atoms with Crippen LogP contribution in [0.25, 0.3) is 11.0 Å². The van der Waals surface area contributed by atoms with E-state index in [1.54, 1.807) is 6.92 Å². The third-order valence-corrected chi connectivity index (χ3v) is 3.12. The molecule has 0 atom stereocenters. The summed E-state index contributed by atoms with van der Waals surface area (Å²) in [5, 5.41) is 0.186. The molecule has 0 bridgehead atoms. The van der Waals surface area contributed by atoms with Crippen molar-refractivity contribution in [2.24, 2.45) is 0 Å². The van der Waals surface area contributed by atoms with Crippen LogP contribution < -0.4 is 5.56 Å². The van der Waals surface area contributed by atoms with E-state index in [0.717, 1.165) is 4.57 Å². The fourth-order valence-corrected chi connectivity index (χ4v) is 2.20. The average Bonchev–Trinajstić information content (AvgIpc) is 2.71. The quantitative estimate of drug-likeness (QED) is 0.940. The lowest BCUT2D eigenvalue weighted by atomic mass is 10.3. The first kappa shape index (κ1) is 15.6. The van der Waals surface area contributed by atoms with Gasteiger partial charge in [0, 0.05) is 12.2 Å². The predicted molar refractivity (Wildman–Crippen MR) is 73.3 cm³/mol. The van der Waals surface area contributed by atoms with Gasteiger partial charge >= 0.3 is 6.18 Å². The number of aryl methyl sites for hydroxylation is 1. The molecule has 0 aromatic carbocycles. The van der Waals surface area contributed by atoms with E-state index in [1.165, 1.54) is 6.07 Å². The highest BCUT2D eigenvalue weighted by Gasteiger charge is 2.37. The van der Waals surface area contributed by atoms with Crippen LogP contribution in [-0.4, -0.2) is 40.1 Å². The molecule has 21 heavy (non-hydrogen) atoms. The normalized spacial score (nSPS) is 12.5. The highest BCUT2D eigenvalue weighted by Crippen LogP contribution is 2.28. The number of halogens is 3. The highest BCUT2D eigenvalue weighted by atomic mass is 19.4. The van der Waals surface area contributed by atoms with Gasteiger partial charge in [0.25, 0.3) is 5.56 Å². The zero-order valence-corrected chi connectivity index (χ0v) is 12.1. The van der Waals surface area contributed by atoms with Gasteiger partial charge in [-0.2, -0.15) is 13.2 Å². The van der Waals surface area contributed by atoms with Gasteiger partial charge < -0.3 is 9.88 Å². The van der Waals surface area contributed by atoms with Gasteiger partial charge in [0.2, 0.25) is 5.82 Å². The van der Waals surface area contributed by atoms with Crippen molar-refractivity contribution in [1.82, 2.24) is 19.4 Å². The summed E-state index contributed by atoms with van der Waals surface area (Å²) < 4.78 is 40.0. The molecular weight excluding hydrogens is 285 g/mol. The van der Waals surface area contributed by atoms with Crippen molar-refractivity contribution in [2.75, 3.05) is 20.6 Å². The van der Waals surface area contributed by atoms with E-state index >= 15 is 0 Å². The van der Waals surface area contributed by atoms with Gasteiger partial charge in [-0.05, 0) is 40.1 Å². The van der Waals surface area contributed by atoms with Crippen molar-refractivity contribution in [3.05, 3.63) is 27.9 Å². The molecule has 0 spiro atoms. The van der Waals surface area contributed by atoms with E-state index < -0.39 is 17.6 Å². The topological polar surface area (TPSA) is 53.9 Å². The predicted octanol–water partition coefficient (Wildman–Crippen LogP) is 2.00. The number of aromatic nitrogens is 3. The lowest BCUT2D eigenvalue weighted by Crippen LogP contribution is -2.30. The first-order chi connectivity index (χ1) is 9.70. The lowest BCUT2D eigenvalue weighted by molar-refractivity contribution is -0.148. The second kappa shape index (κ2) is 5.51. The monoisotopic (exact) mass is 302 g/mol. The fourth-order valence-electron chi connectivity index (χ4n) is 2.20. The molecule has 2 aromatic rings. The highest BCUT2D eigenvalue weighted by molar-refractivity contribution is 5.75. The summed E-state index contributed by atoms with van der Waals surface area (Å²) >= 11 is 0. The van der Waals surface area contributed by atoms with Crippen LogP contribution in [0.15, 0.2) is 10.9 Å². The second-order valence-electron chi connectivity index (χ2n) is 5.26. The molecule has 0 amide bonds. The van der Waals surface area contributed by atoms with E-state index in [0.29, 0.717) is 18.7 Å². The molecule has 2 heterocycles. The number of nitrogens with one attached hydrogen (secondary N) is 1. The minimum absolute atomic E-state index is 0.0149. The van der Waals surface area contributed by atoms with Gasteiger partial charge in [-0.3, -0.25) is 9.36 Å². The van der Waals surface area contributed by atoms with Crippen LogP contribution in [0, 0.1) is 6.92 Å². The molecule has 0 saturated heterocycles. The van der Waals surface area contributed by atoms with Gasteiger partial charge in [-0.15, -0.1) is 0 Å². The largest absolute Gasteiger partial charge is 0.449 e. The standard InChI is InChI=1S/C13H17F3N4O/c1-8-7-9-10(17-8)18-12(13(14,15)16)20(11(9)21)6-4-5-19(2)3/h7,17H,4-6H2,1-3H3. The summed E-state index contributed by atoms with van der Waals surface area (Å²) in [5.74, 6) is -1.15. The van der Waals surface area contributed by atoms with Crippen LogP contribution >= 0.6 is 0 Å².